The molecule has 0 saturated carbocycles. The van der Waals surface area contributed by atoms with Crippen molar-refractivity contribution in [2.24, 2.45) is 5.73 Å². The summed E-state index contributed by atoms with van der Waals surface area (Å²) in [6.45, 7) is 21.7. The van der Waals surface area contributed by atoms with E-state index in [-0.39, 0.29) is 17.5 Å². The summed E-state index contributed by atoms with van der Waals surface area (Å²) in [4.78, 5) is 39.3. The normalized spacial score (nSPS) is 7.64. The van der Waals surface area contributed by atoms with Crippen molar-refractivity contribution in [3.63, 3.8) is 0 Å². The molecule has 0 unspecified atom stereocenters. The molecule has 0 spiro atoms. The number of aliphatic carboxylic acids is 1. The molecule has 0 aliphatic carbocycles. The van der Waals surface area contributed by atoms with Crippen molar-refractivity contribution in [1.82, 2.24) is 0 Å². The molecular formula is C25H35NO7. The number of primary amides is 1. The van der Waals surface area contributed by atoms with E-state index in [0.29, 0.717) is 12.2 Å². The maximum absolute atomic E-state index is 10.2. The number of hydrogen-bond acceptors (Lipinski definition) is 6. The van der Waals surface area contributed by atoms with E-state index < -0.39 is 11.9 Å². The third-order valence-corrected chi connectivity index (χ3v) is 2.59. The molecule has 3 N–H and O–H groups in total. The van der Waals surface area contributed by atoms with Gasteiger partial charge in [0.2, 0.25) is 5.91 Å². The number of esters is 2. The first kappa shape index (κ1) is 36.2. The van der Waals surface area contributed by atoms with E-state index in [0.717, 1.165) is 12.2 Å². The molecule has 1 aromatic rings. The highest BCUT2D eigenvalue weighted by Crippen LogP contribution is 1.97. The zero-order valence-electron chi connectivity index (χ0n) is 19.8. The van der Waals surface area contributed by atoms with E-state index >= 15 is 0 Å². The molecule has 0 atom stereocenters. The van der Waals surface area contributed by atoms with Gasteiger partial charge in [0, 0.05) is 17.2 Å². The Bertz CT molecular complexity index is 767. The average Bonchev–Trinajstić information content (AvgIpc) is 2.80. The van der Waals surface area contributed by atoms with Gasteiger partial charge in [0.05, 0.1) is 13.7 Å². The quantitative estimate of drug-likeness (QED) is 0.481. The summed E-state index contributed by atoms with van der Waals surface area (Å²) >= 11 is 0. The van der Waals surface area contributed by atoms with Crippen molar-refractivity contribution in [2.45, 2.75) is 20.8 Å². The van der Waals surface area contributed by atoms with Crippen molar-refractivity contribution < 1.29 is 33.8 Å². The summed E-state index contributed by atoms with van der Waals surface area (Å²) in [5.41, 5.74) is 6.32. The van der Waals surface area contributed by atoms with Crippen molar-refractivity contribution in [1.29, 1.82) is 0 Å². The molecule has 0 fully saturated rings. The Morgan fingerprint density at radius 3 is 1.52 bits per heavy atom. The molecule has 0 aliphatic heterocycles. The molecule has 33 heavy (non-hydrogen) atoms. The summed E-state index contributed by atoms with van der Waals surface area (Å²) in [5, 5.41) is 7.89. The number of carbonyl (C=O) groups is 4. The Hall–Kier alpha value is -4.20. The zero-order chi connectivity index (χ0) is 26.8. The number of hydrogen-bond donors (Lipinski definition) is 2. The highest BCUT2D eigenvalue weighted by Gasteiger charge is 1.95. The van der Waals surface area contributed by atoms with E-state index in [9.17, 15) is 19.2 Å². The lowest BCUT2D eigenvalue weighted by molar-refractivity contribution is -0.137. The SMILES string of the molecule is C=C(C)C(=O)O.C=C(C)C(=O)OC.C=CC(=O)OCC.C=CC(N)=O.C=Cc1ccccc1. The van der Waals surface area contributed by atoms with E-state index in [2.05, 4.69) is 48.1 Å². The van der Waals surface area contributed by atoms with Crippen LogP contribution in [0.1, 0.15) is 26.3 Å². The fraction of sp³-hybridized carbons (Fsp3) is 0.200. The molecule has 0 aliphatic rings. The minimum Gasteiger partial charge on any atom is -0.478 e. The topological polar surface area (TPSA) is 133 Å². The Kier molecular flexibility index (Phi) is 28.3. The van der Waals surface area contributed by atoms with Crippen LogP contribution in [0.15, 0.2) is 86.5 Å². The van der Waals surface area contributed by atoms with Crippen LogP contribution in [-0.4, -0.2) is 42.6 Å². The van der Waals surface area contributed by atoms with Crippen molar-refractivity contribution >= 4 is 29.9 Å². The van der Waals surface area contributed by atoms with Crippen LogP contribution in [0.25, 0.3) is 6.08 Å². The van der Waals surface area contributed by atoms with Crippen LogP contribution in [0.2, 0.25) is 0 Å². The first-order chi connectivity index (χ1) is 15.3. The predicted molar refractivity (Wildman–Crippen MR) is 132 cm³/mol. The van der Waals surface area contributed by atoms with E-state index in [1.54, 1.807) is 13.8 Å². The molecule has 0 radical (unpaired) electrons. The average molecular weight is 462 g/mol. The standard InChI is InChI=1S/C8H8.2C5H8O2.C4H6O2.C3H5NO/c1-2-8-6-4-3-5-7-8;1-4(2)5(6)7-3;1-3-5(6)7-4-2;1-3(2)4(5)6;1-2-3(4)5/h2-7H,1H2;1H2,2-3H3;3H,1,4H2,2H3;1H2,2H3,(H,5,6);2H,1H2,(H2,4,5). The Morgan fingerprint density at radius 1 is 0.970 bits per heavy atom. The molecule has 1 rings (SSSR count). The van der Waals surface area contributed by atoms with Gasteiger partial charge in [-0.2, -0.15) is 0 Å². The fourth-order valence-electron chi connectivity index (χ4n) is 0.965. The van der Waals surface area contributed by atoms with Gasteiger partial charge in [-0.15, -0.1) is 0 Å². The highest BCUT2D eigenvalue weighted by molar-refractivity contribution is 5.86. The first-order valence-electron chi connectivity index (χ1n) is 9.35. The smallest absolute Gasteiger partial charge is 0.332 e. The van der Waals surface area contributed by atoms with Crippen LogP contribution < -0.4 is 5.73 Å². The van der Waals surface area contributed by atoms with Crippen LogP contribution >= 0.6 is 0 Å². The third-order valence-electron chi connectivity index (χ3n) is 2.59. The Balaban J connectivity index is -0.000000161. The number of carbonyl (C=O) groups excluding carboxylic acids is 3. The second kappa shape index (κ2) is 25.8. The second-order valence-corrected chi connectivity index (χ2v) is 5.53. The van der Waals surface area contributed by atoms with Gasteiger partial charge in [-0.05, 0) is 32.4 Å². The van der Waals surface area contributed by atoms with Crippen LogP contribution in [0, 0.1) is 0 Å². The van der Waals surface area contributed by atoms with Crippen molar-refractivity contribution in [2.75, 3.05) is 13.7 Å². The first-order valence-corrected chi connectivity index (χ1v) is 9.35. The van der Waals surface area contributed by atoms with Gasteiger partial charge < -0.3 is 20.3 Å². The number of carboxylic acid groups (broad SMARTS) is 1. The van der Waals surface area contributed by atoms with Crippen molar-refractivity contribution in [3.05, 3.63) is 92.1 Å². The van der Waals surface area contributed by atoms with Gasteiger partial charge >= 0.3 is 17.9 Å². The monoisotopic (exact) mass is 461 g/mol. The molecule has 0 aromatic heterocycles. The molecule has 0 bridgehead atoms. The lowest BCUT2D eigenvalue weighted by Gasteiger charge is -1.91. The lowest BCUT2D eigenvalue weighted by Crippen LogP contribution is -2.04. The van der Waals surface area contributed by atoms with Crippen molar-refractivity contribution in [3.8, 4) is 0 Å². The molecule has 182 valence electrons. The number of methoxy groups -OCH3 is 1. The molecule has 8 nitrogen and oxygen atoms in total. The number of benzene rings is 1. The summed E-state index contributed by atoms with van der Waals surface area (Å²) in [6.07, 6.45) is 4.03. The molecule has 8 heteroatoms. The molecule has 1 amide bonds. The Morgan fingerprint density at radius 2 is 1.39 bits per heavy atom. The van der Waals surface area contributed by atoms with Gasteiger partial charge in [0.1, 0.15) is 0 Å². The summed E-state index contributed by atoms with van der Waals surface area (Å²) in [5.74, 6) is -2.12. The minimum atomic E-state index is -0.935. The number of amides is 1. The molecule has 0 heterocycles. The highest BCUT2D eigenvalue weighted by atomic mass is 16.5. The largest absolute Gasteiger partial charge is 0.478 e. The van der Waals surface area contributed by atoms with Gasteiger partial charge in [-0.3, -0.25) is 4.79 Å². The number of carboxylic acids is 1. The number of rotatable bonds is 6. The maximum Gasteiger partial charge on any atom is 0.332 e. The van der Waals surface area contributed by atoms with Gasteiger partial charge in [0.25, 0.3) is 0 Å². The predicted octanol–water partition coefficient (Wildman–Crippen LogP) is 4.11. The Labute approximate surface area is 196 Å². The molecular weight excluding hydrogens is 426 g/mol. The van der Waals surface area contributed by atoms with E-state index in [4.69, 9.17) is 5.11 Å². The second-order valence-electron chi connectivity index (χ2n) is 5.53. The summed E-state index contributed by atoms with van der Waals surface area (Å²) < 4.78 is 8.71. The van der Waals surface area contributed by atoms with Crippen LogP contribution in [-0.2, 0) is 28.7 Å². The van der Waals surface area contributed by atoms with Gasteiger partial charge in [-0.1, -0.05) is 69.3 Å². The van der Waals surface area contributed by atoms with Gasteiger partial charge in [0.15, 0.2) is 0 Å². The van der Waals surface area contributed by atoms with E-state index in [1.165, 1.54) is 19.6 Å². The summed E-state index contributed by atoms with van der Waals surface area (Å²) in [7, 11) is 1.33. The minimum absolute atomic E-state index is 0.176. The maximum atomic E-state index is 10.2. The third kappa shape index (κ3) is 35.6. The lowest BCUT2D eigenvalue weighted by atomic mass is 10.2. The van der Waals surface area contributed by atoms with E-state index in [1.807, 2.05) is 36.4 Å². The zero-order valence-corrected chi connectivity index (χ0v) is 19.8. The van der Waals surface area contributed by atoms with Gasteiger partial charge in [-0.25, -0.2) is 14.4 Å². The van der Waals surface area contributed by atoms with Crippen LogP contribution in [0.3, 0.4) is 0 Å². The summed E-state index contributed by atoms with van der Waals surface area (Å²) in [6, 6.07) is 10.0. The number of ether oxygens (including phenoxy) is 2. The fourth-order valence-corrected chi connectivity index (χ4v) is 0.965. The molecule has 0 saturated heterocycles. The van der Waals surface area contributed by atoms with Crippen LogP contribution in [0.4, 0.5) is 0 Å². The molecule has 1 aromatic carbocycles. The number of nitrogens with two attached hydrogens (primary N) is 1. The van der Waals surface area contributed by atoms with Crippen LogP contribution in [0.5, 0.6) is 0 Å².